The molecule has 21 heavy (non-hydrogen) atoms. The fourth-order valence-electron chi connectivity index (χ4n) is 2.46. The zero-order chi connectivity index (χ0) is 15.5. The van der Waals surface area contributed by atoms with Crippen molar-refractivity contribution in [1.29, 1.82) is 0 Å². The summed E-state index contributed by atoms with van der Waals surface area (Å²) in [6.07, 6.45) is 0.659. The third-order valence-electron chi connectivity index (χ3n) is 3.55. The highest BCUT2D eigenvalue weighted by atomic mass is 32.2. The fourth-order valence-corrected chi connectivity index (χ4v) is 4.16. The van der Waals surface area contributed by atoms with E-state index in [2.05, 4.69) is 5.32 Å². The highest BCUT2D eigenvalue weighted by Gasteiger charge is 2.27. The minimum absolute atomic E-state index is 0.00842. The number of hydrogen-bond donors (Lipinski definition) is 1. The number of methoxy groups -OCH3 is 3. The molecule has 0 saturated carbocycles. The van der Waals surface area contributed by atoms with Crippen molar-refractivity contribution < 1.29 is 22.6 Å². The van der Waals surface area contributed by atoms with Gasteiger partial charge in [-0.05, 0) is 24.1 Å². The first-order chi connectivity index (χ1) is 9.99. The van der Waals surface area contributed by atoms with E-state index in [1.807, 2.05) is 12.1 Å². The molecule has 118 valence electrons. The Bertz CT molecular complexity index is 574. The van der Waals surface area contributed by atoms with Crippen LogP contribution in [0, 0.1) is 0 Å². The molecule has 7 heteroatoms. The third-order valence-corrected chi connectivity index (χ3v) is 5.32. The van der Waals surface area contributed by atoms with Crippen LogP contribution in [0.25, 0.3) is 0 Å². The van der Waals surface area contributed by atoms with Crippen molar-refractivity contribution in [3.8, 4) is 17.2 Å². The van der Waals surface area contributed by atoms with Crippen LogP contribution < -0.4 is 19.5 Å². The predicted octanol–water partition coefficient (Wildman–Crippen LogP) is 0.989. The summed E-state index contributed by atoms with van der Waals surface area (Å²) in [6, 6.07) is 3.73. The van der Waals surface area contributed by atoms with Crippen LogP contribution in [0.2, 0.25) is 0 Å². The van der Waals surface area contributed by atoms with Crippen molar-refractivity contribution in [1.82, 2.24) is 5.32 Å². The number of rotatable bonds is 6. The molecule has 1 heterocycles. The van der Waals surface area contributed by atoms with Crippen molar-refractivity contribution in [3.05, 3.63) is 17.7 Å². The highest BCUT2D eigenvalue weighted by molar-refractivity contribution is 7.91. The van der Waals surface area contributed by atoms with Crippen molar-refractivity contribution in [3.63, 3.8) is 0 Å². The fraction of sp³-hybridized carbons (Fsp3) is 0.571. The second kappa shape index (κ2) is 6.53. The highest BCUT2D eigenvalue weighted by Crippen LogP contribution is 2.38. The second-order valence-electron chi connectivity index (χ2n) is 5.01. The predicted molar refractivity (Wildman–Crippen MR) is 80.0 cm³/mol. The second-order valence-corrected chi connectivity index (χ2v) is 7.24. The average Bonchev–Trinajstić information content (AvgIpc) is 2.83. The summed E-state index contributed by atoms with van der Waals surface area (Å²) < 4.78 is 38.7. The van der Waals surface area contributed by atoms with Gasteiger partial charge in [0.1, 0.15) is 0 Å². The number of ether oxygens (including phenoxy) is 3. The van der Waals surface area contributed by atoms with Gasteiger partial charge in [0.2, 0.25) is 5.75 Å². The summed E-state index contributed by atoms with van der Waals surface area (Å²) in [6.45, 7) is 0.552. The molecule has 1 aliphatic rings. The third kappa shape index (κ3) is 3.79. The van der Waals surface area contributed by atoms with Crippen LogP contribution in [0.4, 0.5) is 0 Å². The molecule has 1 fully saturated rings. The summed E-state index contributed by atoms with van der Waals surface area (Å²) in [5.74, 6) is 2.20. The summed E-state index contributed by atoms with van der Waals surface area (Å²) in [7, 11) is 1.82. The van der Waals surface area contributed by atoms with Crippen LogP contribution in [0.5, 0.6) is 17.2 Å². The molecule has 1 aromatic carbocycles. The summed E-state index contributed by atoms with van der Waals surface area (Å²) in [5, 5.41) is 3.26. The molecule has 0 radical (unpaired) electrons. The largest absolute Gasteiger partial charge is 0.493 e. The molecule has 6 nitrogen and oxygen atoms in total. The number of benzene rings is 1. The van der Waals surface area contributed by atoms with E-state index >= 15 is 0 Å². The Kier molecular flexibility index (Phi) is 4.95. The van der Waals surface area contributed by atoms with Crippen LogP contribution in [0.1, 0.15) is 12.0 Å². The van der Waals surface area contributed by atoms with Gasteiger partial charge in [-0.3, -0.25) is 0 Å². The first-order valence-corrected chi connectivity index (χ1v) is 8.54. The molecule has 1 unspecified atom stereocenters. The molecule has 1 aromatic rings. The minimum Gasteiger partial charge on any atom is -0.493 e. The first kappa shape index (κ1) is 15.9. The van der Waals surface area contributed by atoms with Gasteiger partial charge in [0.15, 0.2) is 21.3 Å². The molecular weight excluding hydrogens is 294 g/mol. The Balaban J connectivity index is 2.10. The maximum Gasteiger partial charge on any atom is 0.203 e. The quantitative estimate of drug-likeness (QED) is 0.844. The molecule has 1 atom stereocenters. The standard InChI is InChI=1S/C14H21NO5S/c1-18-12-6-10(7-13(19-2)14(12)20-3)8-15-11-4-5-21(16,17)9-11/h6-7,11,15H,4-5,8-9H2,1-3H3. The molecule has 0 amide bonds. The maximum atomic E-state index is 11.4. The summed E-state index contributed by atoms with van der Waals surface area (Å²) in [5.41, 5.74) is 0.953. The lowest BCUT2D eigenvalue weighted by Crippen LogP contribution is -2.29. The van der Waals surface area contributed by atoms with Crippen LogP contribution in [0.15, 0.2) is 12.1 Å². The van der Waals surface area contributed by atoms with Gasteiger partial charge in [-0.2, -0.15) is 0 Å². The lowest BCUT2D eigenvalue weighted by Gasteiger charge is -2.16. The van der Waals surface area contributed by atoms with Gasteiger partial charge < -0.3 is 19.5 Å². The molecule has 1 aliphatic heterocycles. The van der Waals surface area contributed by atoms with E-state index in [1.165, 1.54) is 0 Å². The smallest absolute Gasteiger partial charge is 0.203 e. The van der Waals surface area contributed by atoms with Crippen LogP contribution in [-0.4, -0.2) is 47.3 Å². The van der Waals surface area contributed by atoms with Crippen molar-refractivity contribution in [2.24, 2.45) is 0 Å². The molecular formula is C14H21NO5S. The van der Waals surface area contributed by atoms with Gasteiger partial charge in [-0.15, -0.1) is 0 Å². The van der Waals surface area contributed by atoms with Crippen molar-refractivity contribution >= 4 is 9.84 Å². The Morgan fingerprint density at radius 3 is 2.19 bits per heavy atom. The van der Waals surface area contributed by atoms with Crippen LogP contribution >= 0.6 is 0 Å². The summed E-state index contributed by atoms with van der Waals surface area (Å²) in [4.78, 5) is 0. The van der Waals surface area contributed by atoms with Crippen molar-refractivity contribution in [2.45, 2.75) is 19.0 Å². The van der Waals surface area contributed by atoms with E-state index in [0.717, 1.165) is 5.56 Å². The number of nitrogens with one attached hydrogen (secondary N) is 1. The van der Waals surface area contributed by atoms with E-state index in [1.54, 1.807) is 21.3 Å². The molecule has 1 N–H and O–H groups in total. The lowest BCUT2D eigenvalue weighted by atomic mass is 10.1. The Morgan fingerprint density at radius 1 is 1.14 bits per heavy atom. The molecule has 0 aliphatic carbocycles. The van der Waals surface area contributed by atoms with Gasteiger partial charge in [0, 0.05) is 12.6 Å². The molecule has 0 bridgehead atoms. The Labute approximate surface area is 125 Å². The maximum absolute atomic E-state index is 11.4. The van der Waals surface area contributed by atoms with E-state index < -0.39 is 9.84 Å². The Hall–Kier alpha value is -1.47. The van der Waals surface area contributed by atoms with E-state index in [0.29, 0.717) is 30.2 Å². The minimum atomic E-state index is -2.87. The van der Waals surface area contributed by atoms with Gasteiger partial charge in [0.25, 0.3) is 0 Å². The average molecular weight is 315 g/mol. The van der Waals surface area contributed by atoms with Crippen LogP contribution in [-0.2, 0) is 16.4 Å². The summed E-state index contributed by atoms with van der Waals surface area (Å²) >= 11 is 0. The van der Waals surface area contributed by atoms with E-state index in [-0.39, 0.29) is 17.5 Å². The monoisotopic (exact) mass is 315 g/mol. The number of hydrogen-bond acceptors (Lipinski definition) is 6. The molecule has 2 rings (SSSR count). The van der Waals surface area contributed by atoms with E-state index in [4.69, 9.17) is 14.2 Å². The van der Waals surface area contributed by atoms with Gasteiger partial charge in [0.05, 0.1) is 32.8 Å². The number of sulfone groups is 1. The van der Waals surface area contributed by atoms with E-state index in [9.17, 15) is 8.42 Å². The van der Waals surface area contributed by atoms with Crippen LogP contribution in [0.3, 0.4) is 0 Å². The zero-order valence-electron chi connectivity index (χ0n) is 12.5. The SMILES string of the molecule is COc1cc(CNC2CCS(=O)(=O)C2)cc(OC)c1OC. The normalized spacial score (nSPS) is 20.2. The van der Waals surface area contributed by atoms with Gasteiger partial charge >= 0.3 is 0 Å². The van der Waals surface area contributed by atoms with Crippen molar-refractivity contribution in [2.75, 3.05) is 32.8 Å². The first-order valence-electron chi connectivity index (χ1n) is 6.71. The zero-order valence-corrected chi connectivity index (χ0v) is 13.3. The lowest BCUT2D eigenvalue weighted by molar-refractivity contribution is 0.323. The van der Waals surface area contributed by atoms with Gasteiger partial charge in [-0.1, -0.05) is 0 Å². The Morgan fingerprint density at radius 2 is 1.76 bits per heavy atom. The molecule has 1 saturated heterocycles. The molecule has 0 aromatic heterocycles. The topological polar surface area (TPSA) is 73.9 Å². The molecule has 0 spiro atoms. The van der Waals surface area contributed by atoms with Gasteiger partial charge in [-0.25, -0.2) is 8.42 Å².